The van der Waals surface area contributed by atoms with Gasteiger partial charge >= 0.3 is 5.76 Å². The molecule has 0 unspecified atom stereocenters. The monoisotopic (exact) mass is 269 g/mol. The van der Waals surface area contributed by atoms with Crippen molar-refractivity contribution in [3.8, 4) is 17.2 Å². The second kappa shape index (κ2) is 3.94. The number of H-pyrrole nitrogens is 1. The van der Waals surface area contributed by atoms with E-state index in [1.54, 1.807) is 6.07 Å². The first-order chi connectivity index (χ1) is 7.20. The van der Waals surface area contributed by atoms with Crippen molar-refractivity contribution >= 4 is 15.9 Å². The summed E-state index contributed by atoms with van der Waals surface area (Å²) in [6.45, 7) is 0. The second-order valence-electron chi connectivity index (χ2n) is 3.03. The van der Waals surface area contributed by atoms with E-state index in [1.807, 2.05) is 18.2 Å². The highest BCUT2D eigenvalue weighted by Gasteiger charge is 2.10. The van der Waals surface area contributed by atoms with Crippen LogP contribution in [0.25, 0.3) is 11.3 Å². The minimum Gasteiger partial charge on any atom is -0.492 e. The van der Waals surface area contributed by atoms with Gasteiger partial charge in [-0.2, -0.15) is 0 Å². The number of benzene rings is 1. The number of nitrogens with one attached hydrogen (secondary N) is 1. The fourth-order valence-corrected chi connectivity index (χ4v) is 1.66. The zero-order valence-corrected chi connectivity index (χ0v) is 9.24. The van der Waals surface area contributed by atoms with Gasteiger partial charge in [0.2, 0.25) is 5.88 Å². The normalized spacial score (nSPS) is 10.5. The molecule has 0 amide bonds. The van der Waals surface area contributed by atoms with Crippen LogP contribution in [0.5, 0.6) is 5.88 Å². The average Bonchev–Trinajstić information content (AvgIpc) is 2.58. The van der Waals surface area contributed by atoms with Crippen molar-refractivity contribution in [3.05, 3.63) is 40.4 Å². The van der Waals surface area contributed by atoms with Gasteiger partial charge in [-0.3, -0.25) is 4.98 Å². The van der Waals surface area contributed by atoms with Crippen molar-refractivity contribution < 1.29 is 9.52 Å². The third-order valence-corrected chi connectivity index (χ3v) is 2.62. The quantitative estimate of drug-likeness (QED) is 0.822. The molecule has 1 aromatic carbocycles. The van der Waals surface area contributed by atoms with Crippen LogP contribution in [0.1, 0.15) is 5.56 Å². The average molecular weight is 270 g/mol. The summed E-state index contributed by atoms with van der Waals surface area (Å²) in [5.41, 5.74) is 1.71. The van der Waals surface area contributed by atoms with Crippen molar-refractivity contribution in [3.63, 3.8) is 0 Å². The van der Waals surface area contributed by atoms with E-state index in [2.05, 4.69) is 20.9 Å². The van der Waals surface area contributed by atoms with E-state index in [9.17, 15) is 9.90 Å². The van der Waals surface area contributed by atoms with Crippen LogP contribution in [0.4, 0.5) is 0 Å². The molecular weight excluding hydrogens is 262 g/mol. The van der Waals surface area contributed by atoms with Crippen LogP contribution in [0, 0.1) is 0 Å². The fraction of sp³-hybridized carbons (Fsp3) is 0.100. The lowest BCUT2D eigenvalue weighted by atomic mass is 10.1. The van der Waals surface area contributed by atoms with Gasteiger partial charge < -0.3 is 9.52 Å². The summed E-state index contributed by atoms with van der Waals surface area (Å²) in [5.74, 6) is -0.735. The van der Waals surface area contributed by atoms with Gasteiger partial charge in [0.1, 0.15) is 0 Å². The van der Waals surface area contributed by atoms with Crippen molar-refractivity contribution in [1.82, 2.24) is 4.98 Å². The first-order valence-electron chi connectivity index (χ1n) is 4.28. The molecule has 1 heterocycles. The molecule has 0 fully saturated rings. The molecule has 0 bridgehead atoms. The maximum atomic E-state index is 10.8. The first-order valence-corrected chi connectivity index (χ1v) is 5.40. The summed E-state index contributed by atoms with van der Waals surface area (Å²) >= 11 is 3.33. The summed E-state index contributed by atoms with van der Waals surface area (Å²) in [6, 6.07) is 7.36. The van der Waals surface area contributed by atoms with E-state index < -0.39 is 5.76 Å². The smallest absolute Gasteiger partial charge is 0.419 e. The van der Waals surface area contributed by atoms with Crippen LogP contribution in [0.15, 0.2) is 33.5 Å². The van der Waals surface area contributed by atoms with Crippen LogP contribution in [-0.4, -0.2) is 10.1 Å². The van der Waals surface area contributed by atoms with Gasteiger partial charge in [0.05, 0.1) is 0 Å². The Labute approximate surface area is 93.7 Å². The van der Waals surface area contributed by atoms with E-state index in [4.69, 9.17) is 4.42 Å². The summed E-state index contributed by atoms with van der Waals surface area (Å²) < 4.78 is 4.82. The number of aromatic nitrogens is 1. The Morgan fingerprint density at radius 3 is 2.87 bits per heavy atom. The van der Waals surface area contributed by atoms with Crippen LogP contribution in [0.2, 0.25) is 0 Å². The first kappa shape index (κ1) is 10.0. The fourth-order valence-electron chi connectivity index (χ4n) is 1.31. The predicted molar refractivity (Wildman–Crippen MR) is 59.1 cm³/mol. The van der Waals surface area contributed by atoms with Crippen LogP contribution in [0.3, 0.4) is 0 Å². The van der Waals surface area contributed by atoms with Crippen molar-refractivity contribution in [2.45, 2.75) is 5.33 Å². The number of hydrogen-bond acceptors (Lipinski definition) is 3. The van der Waals surface area contributed by atoms with Crippen molar-refractivity contribution in [2.75, 3.05) is 0 Å². The molecule has 0 radical (unpaired) electrons. The maximum Gasteiger partial charge on any atom is 0.419 e. The molecular formula is C10H8BrNO3. The van der Waals surface area contributed by atoms with Gasteiger partial charge in [0, 0.05) is 10.9 Å². The molecule has 2 N–H and O–H groups in total. The summed E-state index contributed by atoms with van der Waals surface area (Å²) in [6.07, 6.45) is 0. The lowest BCUT2D eigenvalue weighted by Crippen LogP contribution is -1.92. The van der Waals surface area contributed by atoms with Gasteiger partial charge in [0.15, 0.2) is 5.76 Å². The summed E-state index contributed by atoms with van der Waals surface area (Å²) in [4.78, 5) is 13.0. The van der Waals surface area contributed by atoms with Gasteiger partial charge in [-0.25, -0.2) is 4.79 Å². The molecule has 0 aliphatic heterocycles. The van der Waals surface area contributed by atoms with Gasteiger partial charge in [-0.05, 0) is 11.6 Å². The lowest BCUT2D eigenvalue weighted by molar-refractivity contribution is 0.452. The Hall–Kier alpha value is -1.49. The molecule has 1 aromatic heterocycles. The maximum absolute atomic E-state index is 10.8. The Balaban J connectivity index is 2.53. The molecule has 0 spiro atoms. The molecule has 2 aromatic rings. The number of oxazole rings is 1. The number of alkyl halides is 1. The number of rotatable bonds is 2. The van der Waals surface area contributed by atoms with E-state index in [0.29, 0.717) is 10.9 Å². The largest absolute Gasteiger partial charge is 0.492 e. The minimum atomic E-state index is -0.660. The van der Waals surface area contributed by atoms with E-state index in [1.165, 1.54) is 0 Å². The third kappa shape index (κ3) is 1.97. The molecule has 0 aliphatic carbocycles. The van der Waals surface area contributed by atoms with Crippen LogP contribution < -0.4 is 5.76 Å². The van der Waals surface area contributed by atoms with Crippen LogP contribution >= 0.6 is 15.9 Å². The molecule has 0 atom stereocenters. The third-order valence-electron chi connectivity index (χ3n) is 1.97. The minimum absolute atomic E-state index is 0.169. The Kier molecular flexibility index (Phi) is 2.64. The van der Waals surface area contributed by atoms with Gasteiger partial charge in [-0.1, -0.05) is 34.1 Å². The number of halogens is 1. The zero-order chi connectivity index (χ0) is 10.8. The Morgan fingerprint density at radius 1 is 1.47 bits per heavy atom. The molecule has 0 saturated heterocycles. The molecule has 4 nitrogen and oxygen atoms in total. The van der Waals surface area contributed by atoms with Gasteiger partial charge in [-0.15, -0.1) is 0 Å². The lowest BCUT2D eigenvalue weighted by Gasteiger charge is -1.99. The van der Waals surface area contributed by atoms with Gasteiger partial charge in [0.25, 0.3) is 0 Å². The summed E-state index contributed by atoms with van der Waals surface area (Å²) in [5, 5.41) is 10.1. The standard InChI is InChI=1S/C10H8BrNO3/c11-5-6-2-1-3-7(4-6)8-9(13)12-10(14)15-8/h1-4,13H,5H2,(H,12,14). The molecule has 0 aliphatic rings. The Bertz CT molecular complexity index is 529. The van der Waals surface area contributed by atoms with E-state index in [-0.39, 0.29) is 11.6 Å². The van der Waals surface area contributed by atoms with Crippen molar-refractivity contribution in [1.29, 1.82) is 0 Å². The highest BCUT2D eigenvalue weighted by molar-refractivity contribution is 9.08. The SMILES string of the molecule is O=c1[nH]c(O)c(-c2cccc(CBr)c2)o1. The topological polar surface area (TPSA) is 66.2 Å². The molecule has 78 valence electrons. The Morgan fingerprint density at radius 2 is 2.27 bits per heavy atom. The zero-order valence-electron chi connectivity index (χ0n) is 7.66. The predicted octanol–water partition coefficient (Wildman–Crippen LogP) is 2.24. The molecule has 2 rings (SSSR count). The number of aromatic hydroxyl groups is 1. The highest BCUT2D eigenvalue weighted by atomic mass is 79.9. The molecule has 0 saturated carbocycles. The summed E-state index contributed by atoms with van der Waals surface area (Å²) in [7, 11) is 0. The molecule has 15 heavy (non-hydrogen) atoms. The number of aromatic amines is 1. The van der Waals surface area contributed by atoms with E-state index in [0.717, 1.165) is 5.56 Å². The highest BCUT2D eigenvalue weighted by Crippen LogP contribution is 2.26. The number of hydrogen-bond donors (Lipinski definition) is 2. The van der Waals surface area contributed by atoms with E-state index >= 15 is 0 Å². The van der Waals surface area contributed by atoms with Crippen molar-refractivity contribution in [2.24, 2.45) is 0 Å². The molecule has 5 heteroatoms. The second-order valence-corrected chi connectivity index (χ2v) is 3.59. The van der Waals surface area contributed by atoms with Crippen LogP contribution in [-0.2, 0) is 5.33 Å².